The highest BCUT2D eigenvalue weighted by atomic mass is 32.1. The van der Waals surface area contributed by atoms with Crippen molar-refractivity contribution in [3.63, 3.8) is 0 Å². The average Bonchev–Trinajstić information content (AvgIpc) is 2.79. The Morgan fingerprint density at radius 2 is 2.10 bits per heavy atom. The summed E-state index contributed by atoms with van der Waals surface area (Å²) in [6, 6.07) is 3.58. The number of hydrogen-bond donors (Lipinski definition) is 2. The Morgan fingerprint density at radius 3 is 2.55 bits per heavy atom. The molecule has 0 bridgehead atoms. The van der Waals surface area contributed by atoms with Crippen LogP contribution in [0, 0.1) is 0 Å². The quantitative estimate of drug-likeness (QED) is 0.877. The SMILES string of the molecule is CC(NC(=O)N(CCC(=O)O)C(C)(C)C)c1cccs1. The van der Waals surface area contributed by atoms with E-state index in [-0.39, 0.29) is 25.0 Å². The number of amides is 2. The predicted octanol–water partition coefficient (Wildman–Crippen LogP) is 3.09. The first-order valence-corrected chi connectivity index (χ1v) is 7.43. The molecular weight excluding hydrogens is 276 g/mol. The number of aliphatic carboxylic acids is 1. The molecule has 1 rings (SSSR count). The standard InChI is InChI=1S/C14H22N2O3S/c1-10(11-6-5-9-20-11)15-13(19)16(14(2,3)4)8-7-12(17)18/h5-6,9-10H,7-8H2,1-4H3,(H,15,19)(H,17,18). The molecule has 112 valence electrons. The monoisotopic (exact) mass is 298 g/mol. The number of carboxylic acid groups (broad SMARTS) is 1. The maximum Gasteiger partial charge on any atom is 0.318 e. The Kier molecular flexibility index (Phi) is 5.56. The van der Waals surface area contributed by atoms with Gasteiger partial charge in [0, 0.05) is 17.0 Å². The van der Waals surface area contributed by atoms with Crippen molar-refractivity contribution in [2.24, 2.45) is 0 Å². The van der Waals surface area contributed by atoms with Crippen LogP contribution in [0.25, 0.3) is 0 Å². The van der Waals surface area contributed by atoms with Gasteiger partial charge in [-0.1, -0.05) is 6.07 Å². The molecule has 5 nitrogen and oxygen atoms in total. The van der Waals surface area contributed by atoms with Crippen LogP contribution in [0.5, 0.6) is 0 Å². The molecule has 2 N–H and O–H groups in total. The molecule has 0 spiro atoms. The molecule has 0 radical (unpaired) electrons. The molecule has 1 unspecified atom stereocenters. The number of hydrogen-bond acceptors (Lipinski definition) is 3. The first-order valence-electron chi connectivity index (χ1n) is 6.55. The van der Waals surface area contributed by atoms with Crippen LogP contribution >= 0.6 is 11.3 Å². The highest BCUT2D eigenvalue weighted by molar-refractivity contribution is 7.10. The molecule has 0 fully saturated rings. The summed E-state index contributed by atoms with van der Waals surface area (Å²) in [6.45, 7) is 7.79. The van der Waals surface area contributed by atoms with E-state index in [1.54, 1.807) is 16.2 Å². The second-order valence-corrected chi connectivity index (χ2v) is 6.63. The van der Waals surface area contributed by atoms with E-state index in [9.17, 15) is 9.59 Å². The smallest absolute Gasteiger partial charge is 0.318 e. The fourth-order valence-corrected chi connectivity index (χ4v) is 2.56. The lowest BCUT2D eigenvalue weighted by atomic mass is 10.1. The minimum absolute atomic E-state index is 0.0575. The average molecular weight is 298 g/mol. The van der Waals surface area contributed by atoms with Gasteiger partial charge in [0.2, 0.25) is 0 Å². The highest BCUT2D eigenvalue weighted by Crippen LogP contribution is 2.20. The van der Waals surface area contributed by atoms with Crippen LogP contribution in [0.3, 0.4) is 0 Å². The van der Waals surface area contributed by atoms with Gasteiger partial charge < -0.3 is 15.3 Å². The zero-order chi connectivity index (χ0) is 15.3. The number of carbonyl (C=O) groups is 2. The molecule has 0 aliphatic heterocycles. The van der Waals surface area contributed by atoms with Gasteiger partial charge in [-0.05, 0) is 39.1 Å². The van der Waals surface area contributed by atoms with E-state index in [4.69, 9.17) is 5.11 Å². The normalized spacial score (nSPS) is 12.8. The molecule has 1 aromatic rings. The topological polar surface area (TPSA) is 69.6 Å². The van der Waals surface area contributed by atoms with Crippen molar-refractivity contribution in [3.8, 4) is 0 Å². The van der Waals surface area contributed by atoms with Crippen LogP contribution in [-0.2, 0) is 4.79 Å². The van der Waals surface area contributed by atoms with E-state index in [1.807, 2.05) is 45.2 Å². The van der Waals surface area contributed by atoms with E-state index in [0.717, 1.165) is 4.88 Å². The third-order valence-corrected chi connectivity index (χ3v) is 3.97. The summed E-state index contributed by atoms with van der Waals surface area (Å²) in [4.78, 5) is 25.7. The summed E-state index contributed by atoms with van der Waals surface area (Å²) in [5, 5.41) is 13.7. The molecule has 0 aliphatic rings. The second kappa shape index (κ2) is 6.74. The molecule has 0 aliphatic carbocycles. The van der Waals surface area contributed by atoms with E-state index in [2.05, 4.69) is 5.32 Å². The zero-order valence-corrected chi connectivity index (χ0v) is 13.2. The van der Waals surface area contributed by atoms with E-state index >= 15 is 0 Å². The molecule has 1 atom stereocenters. The molecule has 6 heteroatoms. The van der Waals surface area contributed by atoms with Crippen molar-refractivity contribution in [2.45, 2.75) is 45.7 Å². The van der Waals surface area contributed by atoms with Crippen molar-refractivity contribution >= 4 is 23.3 Å². The largest absolute Gasteiger partial charge is 0.481 e. The Morgan fingerprint density at radius 1 is 1.45 bits per heavy atom. The van der Waals surface area contributed by atoms with E-state index in [1.165, 1.54) is 0 Å². The number of rotatable bonds is 5. The zero-order valence-electron chi connectivity index (χ0n) is 12.3. The van der Waals surface area contributed by atoms with E-state index < -0.39 is 11.5 Å². The highest BCUT2D eigenvalue weighted by Gasteiger charge is 2.27. The van der Waals surface area contributed by atoms with E-state index in [0.29, 0.717) is 0 Å². The minimum atomic E-state index is -0.904. The van der Waals surface area contributed by atoms with Crippen LogP contribution < -0.4 is 5.32 Å². The Hall–Kier alpha value is -1.56. The molecular formula is C14H22N2O3S. The van der Waals surface area contributed by atoms with Gasteiger partial charge in [-0.3, -0.25) is 4.79 Å². The fourth-order valence-electron chi connectivity index (χ4n) is 1.82. The number of carboxylic acids is 1. The lowest BCUT2D eigenvalue weighted by Crippen LogP contribution is -2.51. The third-order valence-electron chi connectivity index (χ3n) is 2.91. The second-order valence-electron chi connectivity index (χ2n) is 5.65. The number of carbonyl (C=O) groups excluding carboxylic acids is 1. The van der Waals surface area contributed by atoms with Crippen LogP contribution in [0.2, 0.25) is 0 Å². The van der Waals surface area contributed by atoms with Crippen molar-refractivity contribution in [1.29, 1.82) is 0 Å². The predicted molar refractivity (Wildman–Crippen MR) is 80.0 cm³/mol. The van der Waals surface area contributed by atoms with Gasteiger partial charge >= 0.3 is 12.0 Å². The van der Waals surface area contributed by atoms with Crippen LogP contribution in [0.15, 0.2) is 17.5 Å². The molecule has 1 heterocycles. The molecule has 20 heavy (non-hydrogen) atoms. The van der Waals surface area contributed by atoms with Gasteiger partial charge in [-0.15, -0.1) is 11.3 Å². The summed E-state index contributed by atoms with van der Waals surface area (Å²) in [7, 11) is 0. The summed E-state index contributed by atoms with van der Waals surface area (Å²) in [6.07, 6.45) is -0.0575. The van der Waals surface area contributed by atoms with Gasteiger partial charge in [0.05, 0.1) is 12.5 Å². The lowest BCUT2D eigenvalue weighted by molar-refractivity contribution is -0.137. The maximum atomic E-state index is 12.3. The summed E-state index contributed by atoms with van der Waals surface area (Å²) in [5.74, 6) is -0.904. The molecule has 0 aromatic carbocycles. The minimum Gasteiger partial charge on any atom is -0.481 e. The fraction of sp³-hybridized carbons (Fsp3) is 0.571. The molecule has 0 saturated carbocycles. The maximum absolute atomic E-state index is 12.3. The first kappa shape index (κ1) is 16.5. The van der Waals surface area contributed by atoms with Gasteiger partial charge in [0.25, 0.3) is 0 Å². The number of nitrogens with zero attached hydrogens (tertiary/aromatic N) is 1. The summed E-state index contributed by atoms with van der Waals surface area (Å²) >= 11 is 1.58. The van der Waals surface area contributed by atoms with Gasteiger partial charge in [0.15, 0.2) is 0 Å². The van der Waals surface area contributed by atoms with Crippen LogP contribution in [0.1, 0.15) is 45.0 Å². The first-order chi connectivity index (χ1) is 9.21. The van der Waals surface area contributed by atoms with Crippen LogP contribution in [0.4, 0.5) is 4.79 Å². The van der Waals surface area contributed by atoms with Crippen molar-refractivity contribution in [1.82, 2.24) is 10.2 Å². The van der Waals surface area contributed by atoms with Crippen molar-refractivity contribution < 1.29 is 14.7 Å². The van der Waals surface area contributed by atoms with Crippen LogP contribution in [-0.4, -0.2) is 34.1 Å². The van der Waals surface area contributed by atoms with Gasteiger partial charge in [0.1, 0.15) is 0 Å². The Bertz CT molecular complexity index is 451. The third kappa shape index (κ3) is 4.85. The van der Waals surface area contributed by atoms with Gasteiger partial charge in [-0.2, -0.15) is 0 Å². The van der Waals surface area contributed by atoms with Gasteiger partial charge in [-0.25, -0.2) is 4.79 Å². The van der Waals surface area contributed by atoms with Crippen molar-refractivity contribution in [2.75, 3.05) is 6.54 Å². The molecule has 1 aromatic heterocycles. The Balaban J connectivity index is 2.70. The molecule has 0 saturated heterocycles. The van der Waals surface area contributed by atoms with Crippen molar-refractivity contribution in [3.05, 3.63) is 22.4 Å². The Labute approximate surface area is 123 Å². The molecule has 2 amide bonds. The summed E-state index contributed by atoms with van der Waals surface area (Å²) in [5.41, 5.74) is -0.422. The summed E-state index contributed by atoms with van der Waals surface area (Å²) < 4.78 is 0. The number of thiophene rings is 1. The number of nitrogens with one attached hydrogen (secondary N) is 1. The number of urea groups is 1. The lowest BCUT2D eigenvalue weighted by Gasteiger charge is -2.36.